The molecular weight excluding hydrogens is 475 g/mol. The molecule has 0 aliphatic heterocycles. The molecule has 0 aliphatic rings. The molecule has 0 fully saturated rings. The Morgan fingerprint density at radius 2 is 1.38 bits per heavy atom. The van der Waals surface area contributed by atoms with Gasteiger partial charge >= 0.3 is 0 Å². The third-order valence-electron chi connectivity index (χ3n) is 4.42. The number of aliphatic imine (C=N–C) groups is 1. The highest BCUT2D eigenvalue weighted by Gasteiger charge is 2.13. The molecule has 2 rings (SSSR count). The lowest BCUT2D eigenvalue weighted by atomic mass is 9.91. The number of halogens is 1. The molecule has 0 radical (unpaired) electrons. The molecular formula is C23H33IN4O. The van der Waals surface area contributed by atoms with Crippen LogP contribution in [0.5, 0.6) is 0 Å². The van der Waals surface area contributed by atoms with E-state index < -0.39 is 0 Å². The van der Waals surface area contributed by atoms with E-state index in [-0.39, 0.29) is 41.7 Å². The molecule has 0 aromatic heterocycles. The highest BCUT2D eigenvalue weighted by molar-refractivity contribution is 14.0. The smallest absolute Gasteiger partial charge is 0.222 e. The van der Waals surface area contributed by atoms with E-state index >= 15 is 0 Å². The topological polar surface area (TPSA) is 65.5 Å². The second kappa shape index (κ2) is 14.0. The molecule has 3 N–H and O–H groups in total. The van der Waals surface area contributed by atoms with Gasteiger partial charge in [-0.25, -0.2) is 0 Å². The summed E-state index contributed by atoms with van der Waals surface area (Å²) in [4.78, 5) is 16.5. The first-order valence-corrected chi connectivity index (χ1v) is 10.0. The van der Waals surface area contributed by atoms with Crippen molar-refractivity contribution in [2.24, 2.45) is 10.9 Å². The molecule has 5 nitrogen and oxygen atoms in total. The van der Waals surface area contributed by atoms with Gasteiger partial charge < -0.3 is 16.0 Å². The van der Waals surface area contributed by atoms with Crippen molar-refractivity contribution in [3.05, 3.63) is 71.8 Å². The molecule has 0 atom stereocenters. The van der Waals surface area contributed by atoms with Crippen molar-refractivity contribution in [3.63, 3.8) is 0 Å². The number of hydrogen-bond acceptors (Lipinski definition) is 2. The average molecular weight is 508 g/mol. The van der Waals surface area contributed by atoms with Crippen LogP contribution in [0.1, 0.15) is 37.8 Å². The normalized spacial score (nSPS) is 11.1. The van der Waals surface area contributed by atoms with E-state index in [1.165, 1.54) is 11.1 Å². The fourth-order valence-electron chi connectivity index (χ4n) is 2.87. The lowest BCUT2D eigenvalue weighted by Gasteiger charge is -2.18. The Kier molecular flexibility index (Phi) is 12.0. The van der Waals surface area contributed by atoms with Gasteiger partial charge in [0.2, 0.25) is 5.91 Å². The second-order valence-corrected chi connectivity index (χ2v) is 6.97. The van der Waals surface area contributed by atoms with Crippen LogP contribution in [0.4, 0.5) is 0 Å². The van der Waals surface area contributed by atoms with E-state index in [9.17, 15) is 4.79 Å². The number of hydrogen-bond donors (Lipinski definition) is 3. The van der Waals surface area contributed by atoms with Gasteiger partial charge in [-0.2, -0.15) is 0 Å². The van der Waals surface area contributed by atoms with Gasteiger partial charge in [-0.1, -0.05) is 74.5 Å². The summed E-state index contributed by atoms with van der Waals surface area (Å²) in [5.74, 6) is 1.02. The fourth-order valence-corrected chi connectivity index (χ4v) is 2.87. The van der Waals surface area contributed by atoms with Crippen LogP contribution in [-0.4, -0.2) is 38.0 Å². The van der Waals surface area contributed by atoms with Crippen LogP contribution >= 0.6 is 24.0 Å². The zero-order valence-corrected chi connectivity index (χ0v) is 19.9. The zero-order chi connectivity index (χ0) is 20.2. The van der Waals surface area contributed by atoms with E-state index in [0.29, 0.717) is 19.6 Å². The Labute approximate surface area is 191 Å². The SMILES string of the molecule is CCNC(=NCC(c1ccccc1)c1ccccc1)NCCNC(=O)C(C)C.I. The van der Waals surface area contributed by atoms with Crippen LogP contribution in [-0.2, 0) is 4.79 Å². The molecule has 29 heavy (non-hydrogen) atoms. The van der Waals surface area contributed by atoms with Crippen molar-refractivity contribution in [1.82, 2.24) is 16.0 Å². The predicted molar refractivity (Wildman–Crippen MR) is 132 cm³/mol. The first kappa shape index (κ1) is 24.9. The lowest BCUT2D eigenvalue weighted by molar-refractivity contribution is -0.123. The average Bonchev–Trinajstić information content (AvgIpc) is 2.72. The number of amides is 1. The van der Waals surface area contributed by atoms with Crippen molar-refractivity contribution < 1.29 is 4.79 Å². The Morgan fingerprint density at radius 1 is 0.862 bits per heavy atom. The molecule has 0 saturated carbocycles. The number of nitrogens with one attached hydrogen (secondary N) is 3. The standard InChI is InChI=1S/C23H32N4O.HI/c1-4-24-23(26-16-15-25-22(28)18(2)3)27-17-21(19-11-7-5-8-12-19)20-13-9-6-10-14-20;/h5-14,18,21H,4,15-17H2,1-3H3,(H,25,28)(H2,24,26,27);1H. The Balaban J connectivity index is 0.00000420. The molecule has 0 saturated heterocycles. The van der Waals surface area contributed by atoms with Gasteiger partial charge in [-0.15, -0.1) is 24.0 Å². The minimum atomic E-state index is -0.000549. The van der Waals surface area contributed by atoms with Gasteiger partial charge in [-0.05, 0) is 18.1 Å². The van der Waals surface area contributed by atoms with Crippen molar-refractivity contribution in [2.45, 2.75) is 26.7 Å². The highest BCUT2D eigenvalue weighted by atomic mass is 127. The van der Waals surface area contributed by atoms with E-state index in [1.54, 1.807) is 0 Å². The Hall–Kier alpha value is -2.09. The number of nitrogens with zero attached hydrogens (tertiary/aromatic N) is 1. The number of rotatable bonds is 9. The summed E-state index contributed by atoms with van der Waals surface area (Å²) >= 11 is 0. The summed E-state index contributed by atoms with van der Waals surface area (Å²) in [7, 11) is 0. The van der Waals surface area contributed by atoms with E-state index in [0.717, 1.165) is 12.5 Å². The summed E-state index contributed by atoms with van der Waals surface area (Å²) in [6.07, 6.45) is 0. The lowest BCUT2D eigenvalue weighted by Crippen LogP contribution is -2.42. The summed E-state index contributed by atoms with van der Waals surface area (Å²) in [5, 5.41) is 9.49. The zero-order valence-electron chi connectivity index (χ0n) is 17.5. The van der Waals surface area contributed by atoms with Crippen LogP contribution in [0.3, 0.4) is 0 Å². The van der Waals surface area contributed by atoms with E-state index in [2.05, 4.69) is 64.5 Å². The van der Waals surface area contributed by atoms with Crippen molar-refractivity contribution >= 4 is 35.8 Å². The maximum Gasteiger partial charge on any atom is 0.222 e. The molecule has 0 heterocycles. The number of benzene rings is 2. The first-order valence-electron chi connectivity index (χ1n) is 10.0. The fraction of sp³-hybridized carbons (Fsp3) is 0.391. The molecule has 0 unspecified atom stereocenters. The van der Waals surface area contributed by atoms with Gasteiger partial charge in [-0.3, -0.25) is 9.79 Å². The van der Waals surface area contributed by atoms with Crippen LogP contribution in [0, 0.1) is 5.92 Å². The number of carbonyl (C=O) groups excluding carboxylic acids is 1. The quantitative estimate of drug-likeness (QED) is 0.209. The Bertz CT molecular complexity index is 696. The second-order valence-electron chi connectivity index (χ2n) is 6.97. The van der Waals surface area contributed by atoms with Crippen LogP contribution in [0.15, 0.2) is 65.7 Å². The summed E-state index contributed by atoms with van der Waals surface area (Å²) in [5.41, 5.74) is 2.50. The van der Waals surface area contributed by atoms with Crippen molar-refractivity contribution in [1.29, 1.82) is 0 Å². The van der Waals surface area contributed by atoms with Crippen LogP contribution in [0.25, 0.3) is 0 Å². The summed E-state index contributed by atoms with van der Waals surface area (Å²) < 4.78 is 0. The maximum absolute atomic E-state index is 11.7. The third kappa shape index (κ3) is 8.85. The molecule has 6 heteroatoms. The highest BCUT2D eigenvalue weighted by Crippen LogP contribution is 2.24. The van der Waals surface area contributed by atoms with Crippen LogP contribution < -0.4 is 16.0 Å². The van der Waals surface area contributed by atoms with Crippen molar-refractivity contribution in [3.8, 4) is 0 Å². The van der Waals surface area contributed by atoms with Gasteiger partial charge in [0.05, 0.1) is 6.54 Å². The molecule has 0 aliphatic carbocycles. The van der Waals surface area contributed by atoms with Crippen molar-refractivity contribution in [2.75, 3.05) is 26.2 Å². The van der Waals surface area contributed by atoms with Gasteiger partial charge in [0.25, 0.3) is 0 Å². The third-order valence-corrected chi connectivity index (χ3v) is 4.42. The van der Waals surface area contributed by atoms with E-state index in [1.807, 2.05) is 32.9 Å². The minimum Gasteiger partial charge on any atom is -0.357 e. The molecule has 2 aromatic carbocycles. The summed E-state index contributed by atoms with van der Waals surface area (Å²) in [6.45, 7) is 8.45. The van der Waals surface area contributed by atoms with Crippen LogP contribution in [0.2, 0.25) is 0 Å². The molecule has 2 aromatic rings. The molecule has 0 spiro atoms. The minimum absolute atomic E-state index is 0. The number of guanidine groups is 1. The Morgan fingerprint density at radius 3 is 1.86 bits per heavy atom. The molecule has 158 valence electrons. The molecule has 1 amide bonds. The number of carbonyl (C=O) groups is 1. The predicted octanol–water partition coefficient (Wildman–Crippen LogP) is 3.76. The maximum atomic E-state index is 11.7. The largest absolute Gasteiger partial charge is 0.357 e. The monoisotopic (exact) mass is 508 g/mol. The van der Waals surface area contributed by atoms with E-state index in [4.69, 9.17) is 4.99 Å². The molecule has 0 bridgehead atoms. The van der Waals surface area contributed by atoms with Gasteiger partial charge in [0.15, 0.2) is 5.96 Å². The van der Waals surface area contributed by atoms with Gasteiger partial charge in [0.1, 0.15) is 0 Å². The summed E-state index contributed by atoms with van der Waals surface area (Å²) in [6, 6.07) is 20.9. The first-order chi connectivity index (χ1) is 13.6. The van der Waals surface area contributed by atoms with Gasteiger partial charge in [0, 0.05) is 31.5 Å².